The Labute approximate surface area is 87.7 Å². The summed E-state index contributed by atoms with van der Waals surface area (Å²) in [6.45, 7) is 0. The smallest absolute Gasteiger partial charge is 0.143 e. The van der Waals surface area contributed by atoms with Gasteiger partial charge in [-0.25, -0.2) is 9.37 Å². The van der Waals surface area contributed by atoms with Gasteiger partial charge in [0.05, 0.1) is 9.99 Å². The van der Waals surface area contributed by atoms with Crippen LogP contribution in [0, 0.1) is 5.82 Å². The summed E-state index contributed by atoms with van der Waals surface area (Å²) in [6.07, 6.45) is 0. The molecule has 0 atom stereocenters. The molecule has 2 aromatic rings. The molecule has 1 aromatic carbocycles. The van der Waals surface area contributed by atoms with Crippen LogP contribution in [0.25, 0.3) is 10.9 Å². The van der Waals surface area contributed by atoms with Gasteiger partial charge in [0.1, 0.15) is 11.0 Å². The van der Waals surface area contributed by atoms with Gasteiger partial charge in [0.25, 0.3) is 0 Å². The summed E-state index contributed by atoms with van der Waals surface area (Å²) in [6, 6.07) is 6.12. The Morgan fingerprint density at radius 1 is 1.31 bits per heavy atom. The first kappa shape index (κ1) is 8.91. The molecule has 0 saturated heterocycles. The molecule has 0 amide bonds. The number of aromatic nitrogens is 1. The summed E-state index contributed by atoms with van der Waals surface area (Å²) < 4.78 is 13.5. The highest BCUT2D eigenvalue weighted by atomic mass is 79.9. The zero-order chi connectivity index (χ0) is 9.42. The first-order valence-corrected chi connectivity index (χ1v) is 4.75. The Hall–Kier alpha value is -0.670. The predicted octanol–water partition coefficient (Wildman–Crippen LogP) is 3.79. The summed E-state index contributed by atoms with van der Waals surface area (Å²) in [5, 5.41) is 1.12. The van der Waals surface area contributed by atoms with Gasteiger partial charge in [-0.2, -0.15) is 0 Å². The first-order valence-electron chi connectivity index (χ1n) is 3.58. The van der Waals surface area contributed by atoms with E-state index in [9.17, 15) is 4.39 Å². The fourth-order valence-electron chi connectivity index (χ4n) is 1.10. The van der Waals surface area contributed by atoms with E-state index in [4.69, 9.17) is 11.6 Å². The molecule has 0 aliphatic carbocycles. The number of pyridine rings is 1. The summed E-state index contributed by atoms with van der Waals surface area (Å²) >= 11 is 9.00. The fourth-order valence-corrected chi connectivity index (χ4v) is 1.58. The maximum Gasteiger partial charge on any atom is 0.143 e. The van der Waals surface area contributed by atoms with Gasteiger partial charge in [-0.3, -0.25) is 0 Å². The van der Waals surface area contributed by atoms with Gasteiger partial charge in [-0.05, 0) is 40.2 Å². The minimum atomic E-state index is -0.275. The molecule has 1 heterocycles. The largest absolute Gasteiger partial charge is 0.235 e. The van der Waals surface area contributed by atoms with Gasteiger partial charge in [0, 0.05) is 5.39 Å². The van der Waals surface area contributed by atoms with Crippen LogP contribution < -0.4 is 0 Å². The van der Waals surface area contributed by atoms with E-state index >= 15 is 0 Å². The highest BCUT2D eigenvalue weighted by Gasteiger charge is 2.02. The summed E-state index contributed by atoms with van der Waals surface area (Å²) in [5.41, 5.74) is 0.689. The van der Waals surface area contributed by atoms with Crippen molar-refractivity contribution in [2.45, 2.75) is 0 Å². The van der Waals surface area contributed by atoms with Crippen molar-refractivity contribution in [3.63, 3.8) is 0 Å². The molecular formula is C9H4BrClFN. The molecule has 0 radical (unpaired) electrons. The topological polar surface area (TPSA) is 12.9 Å². The molecule has 0 spiro atoms. The normalized spacial score (nSPS) is 10.7. The highest BCUT2D eigenvalue weighted by molar-refractivity contribution is 9.10. The van der Waals surface area contributed by atoms with Crippen molar-refractivity contribution in [1.82, 2.24) is 4.98 Å². The predicted molar refractivity (Wildman–Crippen MR) is 54.4 cm³/mol. The van der Waals surface area contributed by atoms with Gasteiger partial charge in [-0.1, -0.05) is 11.6 Å². The van der Waals surface area contributed by atoms with E-state index in [1.807, 2.05) is 0 Å². The average molecular weight is 260 g/mol. The van der Waals surface area contributed by atoms with Crippen molar-refractivity contribution in [2.24, 2.45) is 0 Å². The van der Waals surface area contributed by atoms with Gasteiger partial charge in [0.2, 0.25) is 0 Å². The van der Waals surface area contributed by atoms with E-state index in [1.54, 1.807) is 12.1 Å². The zero-order valence-electron chi connectivity index (χ0n) is 6.39. The van der Waals surface area contributed by atoms with E-state index in [2.05, 4.69) is 20.9 Å². The lowest BCUT2D eigenvalue weighted by Gasteiger charge is -1.99. The minimum absolute atomic E-state index is 0.275. The zero-order valence-corrected chi connectivity index (χ0v) is 8.73. The fraction of sp³-hybridized carbons (Fsp3) is 0. The maximum absolute atomic E-state index is 12.8. The molecule has 66 valence electrons. The molecule has 1 aromatic heterocycles. The molecule has 2 rings (SSSR count). The number of hydrogen-bond acceptors (Lipinski definition) is 1. The second kappa shape index (κ2) is 3.24. The van der Waals surface area contributed by atoms with Crippen molar-refractivity contribution < 1.29 is 4.39 Å². The SMILES string of the molecule is Fc1ccc2nc(Cl)c(Br)cc2c1. The van der Waals surface area contributed by atoms with E-state index in [1.165, 1.54) is 12.1 Å². The van der Waals surface area contributed by atoms with Crippen LogP contribution in [-0.2, 0) is 0 Å². The number of fused-ring (bicyclic) bond motifs is 1. The number of hydrogen-bond donors (Lipinski definition) is 0. The maximum atomic E-state index is 12.8. The van der Waals surface area contributed by atoms with Gasteiger partial charge >= 0.3 is 0 Å². The Morgan fingerprint density at radius 3 is 2.85 bits per heavy atom. The average Bonchev–Trinajstić information content (AvgIpc) is 2.08. The summed E-state index contributed by atoms with van der Waals surface area (Å²) in [4.78, 5) is 4.07. The van der Waals surface area contributed by atoms with Crippen LogP contribution >= 0.6 is 27.5 Å². The lowest BCUT2D eigenvalue weighted by Crippen LogP contribution is -1.82. The molecule has 0 aliphatic heterocycles. The molecule has 4 heteroatoms. The summed E-state index contributed by atoms with van der Waals surface area (Å²) in [5.74, 6) is -0.275. The van der Waals surface area contributed by atoms with Crippen molar-refractivity contribution in [1.29, 1.82) is 0 Å². The van der Waals surface area contributed by atoms with E-state index in [-0.39, 0.29) is 5.82 Å². The summed E-state index contributed by atoms with van der Waals surface area (Å²) in [7, 11) is 0. The third kappa shape index (κ3) is 1.67. The monoisotopic (exact) mass is 259 g/mol. The molecule has 0 unspecified atom stereocenters. The van der Waals surface area contributed by atoms with Crippen molar-refractivity contribution in [3.05, 3.63) is 39.7 Å². The molecule has 0 bridgehead atoms. The van der Waals surface area contributed by atoms with Crippen LogP contribution in [0.4, 0.5) is 4.39 Å². The third-order valence-corrected chi connectivity index (χ3v) is 2.81. The Kier molecular flexibility index (Phi) is 2.22. The van der Waals surface area contributed by atoms with Crippen LogP contribution in [0.15, 0.2) is 28.7 Å². The second-order valence-electron chi connectivity index (χ2n) is 2.60. The highest BCUT2D eigenvalue weighted by Crippen LogP contribution is 2.25. The third-order valence-electron chi connectivity index (χ3n) is 1.69. The number of nitrogens with zero attached hydrogens (tertiary/aromatic N) is 1. The lowest BCUT2D eigenvalue weighted by atomic mass is 10.2. The minimum Gasteiger partial charge on any atom is -0.235 e. The number of rotatable bonds is 0. The van der Waals surface area contributed by atoms with Crippen molar-refractivity contribution in [2.75, 3.05) is 0 Å². The Balaban J connectivity index is 2.81. The molecule has 0 fully saturated rings. The van der Waals surface area contributed by atoms with Gasteiger partial charge in [0.15, 0.2) is 0 Å². The second-order valence-corrected chi connectivity index (χ2v) is 3.81. The quantitative estimate of drug-likeness (QED) is 0.657. The number of benzene rings is 1. The number of halogens is 3. The van der Waals surface area contributed by atoms with Crippen LogP contribution in [-0.4, -0.2) is 4.98 Å². The van der Waals surface area contributed by atoms with E-state index in [0.717, 1.165) is 5.39 Å². The molecule has 0 aliphatic rings. The molecular weight excluding hydrogens is 256 g/mol. The van der Waals surface area contributed by atoms with Crippen LogP contribution in [0.2, 0.25) is 5.15 Å². The van der Waals surface area contributed by atoms with Crippen LogP contribution in [0.1, 0.15) is 0 Å². The van der Waals surface area contributed by atoms with E-state index < -0.39 is 0 Å². The Bertz CT molecular complexity index is 472. The van der Waals surface area contributed by atoms with E-state index in [0.29, 0.717) is 15.1 Å². The standard InChI is InChI=1S/C9H4BrClFN/c10-7-4-5-3-6(12)1-2-8(5)13-9(7)11/h1-4H. The molecule has 0 N–H and O–H groups in total. The van der Waals surface area contributed by atoms with Crippen LogP contribution in [0.3, 0.4) is 0 Å². The van der Waals surface area contributed by atoms with Crippen molar-refractivity contribution >= 4 is 38.4 Å². The molecule has 1 nitrogen and oxygen atoms in total. The Morgan fingerprint density at radius 2 is 2.08 bits per heavy atom. The molecule has 0 saturated carbocycles. The van der Waals surface area contributed by atoms with Gasteiger partial charge in [-0.15, -0.1) is 0 Å². The lowest BCUT2D eigenvalue weighted by molar-refractivity contribution is 0.629. The van der Waals surface area contributed by atoms with Crippen LogP contribution in [0.5, 0.6) is 0 Å². The van der Waals surface area contributed by atoms with Crippen molar-refractivity contribution in [3.8, 4) is 0 Å². The first-order chi connectivity index (χ1) is 6.16. The molecule has 13 heavy (non-hydrogen) atoms. The van der Waals surface area contributed by atoms with Gasteiger partial charge < -0.3 is 0 Å².